The lowest BCUT2D eigenvalue weighted by atomic mass is 9.99. The van der Waals surface area contributed by atoms with Crippen molar-refractivity contribution in [3.63, 3.8) is 0 Å². The first kappa shape index (κ1) is 25.7. The second-order valence-corrected chi connectivity index (χ2v) is 17.2. The molecule has 2 aromatic heterocycles. The summed E-state index contributed by atoms with van der Waals surface area (Å²) in [6.45, 7) is 4.97. The van der Waals surface area contributed by atoms with Gasteiger partial charge in [0.25, 0.3) is 0 Å². The molecule has 0 atom stereocenters. The predicted molar refractivity (Wildman–Crippen MR) is 195 cm³/mol. The molecule has 0 saturated carbocycles. The van der Waals surface area contributed by atoms with Crippen LogP contribution >= 0.6 is 0 Å². The molecule has 0 unspecified atom stereocenters. The number of anilines is 3. The smallest absolute Gasteiger partial charge is 0.143 e. The summed E-state index contributed by atoms with van der Waals surface area (Å²) in [7, 11) is -2.04. The molecule has 0 amide bonds. The molecular weight excluding hydrogens is 579 g/mol. The Morgan fingerprint density at radius 2 is 1.26 bits per heavy atom. The van der Waals surface area contributed by atoms with Crippen LogP contribution in [0.4, 0.5) is 17.1 Å². The number of nitrogens with zero attached hydrogens (tertiary/aromatic N) is 1. The molecule has 0 fully saturated rings. The van der Waals surface area contributed by atoms with Gasteiger partial charge in [-0.15, -0.1) is 0 Å². The van der Waals surface area contributed by atoms with E-state index < -0.39 is 8.07 Å². The highest BCUT2D eigenvalue weighted by Gasteiger charge is 2.40. The molecule has 7 aromatic carbocycles. The monoisotopic (exact) mass is 607 g/mol. The summed E-state index contributed by atoms with van der Waals surface area (Å²) in [6.07, 6.45) is 0. The summed E-state index contributed by atoms with van der Waals surface area (Å²) in [5.41, 5.74) is 9.77. The standard InChI is InChI=1S/C42H29NO2Si/c1-46(2)37-24-23-36-40(30-15-8-9-17-34(30)44-36)41(37)31-22-20-28(25-38(31)46)43(27-12-4-3-5-13-27)33-16-10-18-35-39(33)32-21-19-26-11-6-7-14-29(26)42(32)45-35/h3-25H,1-2H3. The summed E-state index contributed by atoms with van der Waals surface area (Å²) in [4.78, 5) is 2.41. The second kappa shape index (κ2) is 9.22. The van der Waals surface area contributed by atoms with Gasteiger partial charge < -0.3 is 13.7 Å². The number of fused-ring (bicyclic) bond motifs is 12. The summed E-state index contributed by atoms with van der Waals surface area (Å²) in [5, 5.41) is 9.92. The van der Waals surface area contributed by atoms with E-state index >= 15 is 0 Å². The third kappa shape index (κ3) is 3.42. The normalized spacial score (nSPS) is 13.6. The van der Waals surface area contributed by atoms with E-state index in [4.69, 9.17) is 8.83 Å². The molecule has 0 aliphatic carbocycles. The van der Waals surface area contributed by atoms with Gasteiger partial charge in [0.1, 0.15) is 30.4 Å². The molecule has 0 saturated heterocycles. The van der Waals surface area contributed by atoms with E-state index in [9.17, 15) is 0 Å². The lowest BCUT2D eigenvalue weighted by Gasteiger charge is -2.28. The molecule has 3 nitrogen and oxygen atoms in total. The molecule has 1 aliphatic heterocycles. The first-order valence-electron chi connectivity index (χ1n) is 15.9. The lowest BCUT2D eigenvalue weighted by Crippen LogP contribution is -2.49. The van der Waals surface area contributed by atoms with Gasteiger partial charge in [-0.25, -0.2) is 0 Å². The zero-order valence-corrected chi connectivity index (χ0v) is 26.5. The van der Waals surface area contributed by atoms with Crippen LogP contribution in [0.5, 0.6) is 0 Å². The van der Waals surface area contributed by atoms with Crippen LogP contribution < -0.4 is 15.3 Å². The summed E-state index contributed by atoms with van der Waals surface area (Å²) in [5.74, 6) is 0. The van der Waals surface area contributed by atoms with Crippen LogP contribution in [0.1, 0.15) is 0 Å². The second-order valence-electron chi connectivity index (χ2n) is 12.9. The zero-order chi connectivity index (χ0) is 30.6. The van der Waals surface area contributed by atoms with Crippen LogP contribution in [0, 0.1) is 0 Å². The van der Waals surface area contributed by atoms with Crippen molar-refractivity contribution < 1.29 is 8.83 Å². The van der Waals surface area contributed by atoms with Crippen LogP contribution in [-0.2, 0) is 0 Å². The van der Waals surface area contributed by atoms with Gasteiger partial charge in [-0.05, 0) is 81.5 Å². The zero-order valence-electron chi connectivity index (χ0n) is 25.5. The van der Waals surface area contributed by atoms with E-state index in [-0.39, 0.29) is 0 Å². The average Bonchev–Trinajstić information content (AvgIpc) is 3.74. The Bertz CT molecular complexity index is 2680. The fourth-order valence-corrected chi connectivity index (χ4v) is 11.0. The van der Waals surface area contributed by atoms with Crippen molar-refractivity contribution in [1.82, 2.24) is 0 Å². The molecule has 0 spiro atoms. The van der Waals surface area contributed by atoms with Crippen molar-refractivity contribution in [2.45, 2.75) is 13.1 Å². The van der Waals surface area contributed by atoms with E-state index in [1.165, 1.54) is 37.7 Å². The topological polar surface area (TPSA) is 29.5 Å². The summed E-state index contributed by atoms with van der Waals surface area (Å²) < 4.78 is 12.9. The number of benzene rings is 7. The molecule has 0 radical (unpaired) electrons. The van der Waals surface area contributed by atoms with Crippen molar-refractivity contribution in [2.75, 3.05) is 4.90 Å². The highest BCUT2D eigenvalue weighted by molar-refractivity contribution is 7.04. The Labute approximate surface area is 266 Å². The van der Waals surface area contributed by atoms with Crippen LogP contribution in [0.3, 0.4) is 0 Å². The molecular formula is C42H29NO2Si. The van der Waals surface area contributed by atoms with E-state index in [1.54, 1.807) is 0 Å². The Balaban J connectivity index is 1.24. The summed E-state index contributed by atoms with van der Waals surface area (Å²) >= 11 is 0. The Kier molecular flexibility index (Phi) is 5.16. The number of rotatable bonds is 3. The number of hydrogen-bond acceptors (Lipinski definition) is 3. The number of hydrogen-bond donors (Lipinski definition) is 0. The molecule has 4 heteroatoms. The maximum absolute atomic E-state index is 6.62. The van der Waals surface area contributed by atoms with Crippen LogP contribution in [0.15, 0.2) is 148 Å². The third-order valence-corrected chi connectivity index (χ3v) is 13.6. The molecule has 1 aliphatic rings. The van der Waals surface area contributed by atoms with Gasteiger partial charge in [-0.1, -0.05) is 98.0 Å². The number of furan rings is 2. The minimum Gasteiger partial charge on any atom is -0.456 e. The van der Waals surface area contributed by atoms with E-state index in [0.717, 1.165) is 55.6 Å². The van der Waals surface area contributed by atoms with Gasteiger partial charge in [0.15, 0.2) is 0 Å². The van der Waals surface area contributed by atoms with Gasteiger partial charge in [0.2, 0.25) is 0 Å². The maximum Gasteiger partial charge on any atom is 0.143 e. The quantitative estimate of drug-likeness (QED) is 0.187. The predicted octanol–water partition coefficient (Wildman–Crippen LogP) is 10.9. The molecule has 46 heavy (non-hydrogen) atoms. The van der Waals surface area contributed by atoms with Crippen molar-refractivity contribution >= 4 is 90.2 Å². The molecule has 3 heterocycles. The lowest BCUT2D eigenvalue weighted by molar-refractivity contribution is 0.669. The minimum atomic E-state index is -2.04. The maximum atomic E-state index is 6.62. The van der Waals surface area contributed by atoms with Crippen molar-refractivity contribution in [3.8, 4) is 11.1 Å². The van der Waals surface area contributed by atoms with E-state index in [0.29, 0.717) is 0 Å². The van der Waals surface area contributed by atoms with Crippen molar-refractivity contribution in [3.05, 3.63) is 140 Å². The summed E-state index contributed by atoms with van der Waals surface area (Å²) in [6, 6.07) is 50.1. The highest BCUT2D eigenvalue weighted by atomic mass is 28.3. The Morgan fingerprint density at radius 1 is 0.500 bits per heavy atom. The van der Waals surface area contributed by atoms with E-state index in [2.05, 4.69) is 151 Å². The van der Waals surface area contributed by atoms with Gasteiger partial charge in [0, 0.05) is 32.9 Å². The van der Waals surface area contributed by atoms with E-state index in [1.807, 2.05) is 6.07 Å². The molecule has 0 bridgehead atoms. The van der Waals surface area contributed by atoms with Gasteiger partial charge in [-0.2, -0.15) is 0 Å². The first-order valence-corrected chi connectivity index (χ1v) is 18.9. The van der Waals surface area contributed by atoms with Crippen LogP contribution in [0.2, 0.25) is 13.1 Å². The molecule has 218 valence electrons. The molecule has 0 N–H and O–H groups in total. The molecule has 10 rings (SSSR count). The van der Waals surface area contributed by atoms with Crippen molar-refractivity contribution in [1.29, 1.82) is 0 Å². The Morgan fingerprint density at radius 3 is 2.15 bits per heavy atom. The SMILES string of the molecule is C[Si]1(C)c2cc(N(c3ccccc3)c3cccc4oc5c6ccccc6ccc5c34)ccc2-c2c1ccc1oc3ccccc3c21. The largest absolute Gasteiger partial charge is 0.456 e. The fourth-order valence-electron chi connectivity index (χ4n) is 7.89. The van der Waals surface area contributed by atoms with Gasteiger partial charge in [0.05, 0.1) is 11.1 Å². The first-order chi connectivity index (χ1) is 22.6. The fraction of sp³-hybridized carbons (Fsp3) is 0.0476. The minimum absolute atomic E-state index is 0.891. The average molecular weight is 608 g/mol. The van der Waals surface area contributed by atoms with Crippen LogP contribution in [0.25, 0.3) is 65.8 Å². The van der Waals surface area contributed by atoms with Crippen molar-refractivity contribution in [2.24, 2.45) is 0 Å². The highest BCUT2D eigenvalue weighted by Crippen LogP contribution is 2.46. The third-order valence-electron chi connectivity index (χ3n) is 10.0. The molecule has 9 aromatic rings. The number of para-hydroxylation sites is 2. The van der Waals surface area contributed by atoms with Crippen LogP contribution in [-0.4, -0.2) is 8.07 Å². The Hall–Kier alpha value is -5.58. The van der Waals surface area contributed by atoms with Gasteiger partial charge in [-0.3, -0.25) is 0 Å². The van der Waals surface area contributed by atoms with Gasteiger partial charge >= 0.3 is 0 Å².